The lowest BCUT2D eigenvalue weighted by Crippen LogP contribution is -2.69. The summed E-state index contributed by atoms with van der Waals surface area (Å²) in [5, 5.41) is 52.7. The zero-order chi connectivity index (χ0) is 32.2. The van der Waals surface area contributed by atoms with Crippen molar-refractivity contribution < 1.29 is 44.2 Å². The maximum Gasteiger partial charge on any atom is 0.249 e. The fourth-order valence-corrected chi connectivity index (χ4v) is 6.54. The average molecular weight is 632 g/mol. The van der Waals surface area contributed by atoms with Crippen molar-refractivity contribution in [3.05, 3.63) is 11.8 Å². The second-order valence-electron chi connectivity index (χ2n) is 12.8. The summed E-state index contributed by atoms with van der Waals surface area (Å²) in [4.78, 5) is 12.8. The Morgan fingerprint density at radius 3 is 2.45 bits per heavy atom. The van der Waals surface area contributed by atoms with Gasteiger partial charge in [-0.2, -0.15) is 0 Å². The van der Waals surface area contributed by atoms with E-state index in [1.165, 1.54) is 6.92 Å². The molecule has 0 spiro atoms. The molecule has 2 aliphatic heterocycles. The van der Waals surface area contributed by atoms with Gasteiger partial charge in [0.15, 0.2) is 6.29 Å². The van der Waals surface area contributed by atoms with Gasteiger partial charge < -0.3 is 78.3 Å². The summed E-state index contributed by atoms with van der Waals surface area (Å²) in [6, 6.07) is -2.53. The molecule has 0 aromatic rings. The molecule has 0 bridgehead atoms. The van der Waals surface area contributed by atoms with Crippen LogP contribution in [0.5, 0.6) is 0 Å². The molecular weight excluding hydrogens is 578 g/mol. The molecule has 16 nitrogen and oxygen atoms in total. The molecule has 4 rings (SSSR count). The van der Waals surface area contributed by atoms with Gasteiger partial charge >= 0.3 is 0 Å². The topological polar surface area (TPSA) is 275 Å². The van der Waals surface area contributed by atoms with Crippen molar-refractivity contribution in [2.75, 3.05) is 33.3 Å². The van der Waals surface area contributed by atoms with E-state index < -0.39 is 72.7 Å². The Bertz CT molecular complexity index is 972. The first kappa shape index (κ1) is 35.3. The van der Waals surface area contributed by atoms with Gasteiger partial charge in [0.2, 0.25) is 12.2 Å². The van der Waals surface area contributed by atoms with Gasteiger partial charge in [0.25, 0.3) is 0 Å². The van der Waals surface area contributed by atoms with Crippen molar-refractivity contribution in [3.8, 4) is 0 Å². The van der Waals surface area contributed by atoms with Crippen LogP contribution in [0.25, 0.3) is 0 Å². The molecule has 0 aromatic carbocycles. The molecule has 3 fully saturated rings. The van der Waals surface area contributed by atoms with E-state index in [0.717, 1.165) is 19.4 Å². The smallest absolute Gasteiger partial charge is 0.249 e. The van der Waals surface area contributed by atoms with Crippen LogP contribution in [0, 0.1) is 5.92 Å². The largest absolute Gasteiger partial charge is 0.467 e. The van der Waals surface area contributed by atoms with Gasteiger partial charge in [-0.15, -0.1) is 0 Å². The molecule has 0 radical (unpaired) electrons. The number of hydrogen-bond donors (Lipinski definition) is 11. The number of aliphatic hydroxyl groups is 4. The Hall–Kier alpha value is -1.51. The highest BCUT2D eigenvalue weighted by atomic mass is 16.7. The van der Waals surface area contributed by atoms with Crippen molar-refractivity contribution in [1.82, 2.24) is 16.0 Å². The number of hydrogen-bond acceptors (Lipinski definition) is 15. The molecule has 44 heavy (non-hydrogen) atoms. The molecule has 1 saturated heterocycles. The summed E-state index contributed by atoms with van der Waals surface area (Å²) in [5.41, 5.74) is 22.4. The number of nitrogens with two attached hydrogens (primary N) is 4. The van der Waals surface area contributed by atoms with E-state index in [2.05, 4.69) is 16.0 Å². The lowest BCUT2D eigenvalue weighted by molar-refractivity contribution is -0.304. The fourth-order valence-electron chi connectivity index (χ4n) is 6.54. The molecule has 16 heteroatoms. The number of carbonyl (C=O) groups is 1. The molecular formula is C28H53N7O9. The summed E-state index contributed by atoms with van der Waals surface area (Å²) in [6.45, 7) is 2.34. The lowest BCUT2D eigenvalue weighted by Gasteiger charge is -2.49. The Labute approximate surface area is 258 Å². The number of likely N-dealkylation sites (N-methyl/N-ethyl adjacent to an activating group) is 1. The van der Waals surface area contributed by atoms with Crippen LogP contribution in [0.2, 0.25) is 0 Å². The molecule has 0 aromatic heterocycles. The first-order valence-electron chi connectivity index (χ1n) is 15.6. The van der Waals surface area contributed by atoms with Crippen molar-refractivity contribution in [1.29, 1.82) is 0 Å². The van der Waals surface area contributed by atoms with Crippen LogP contribution in [0.15, 0.2) is 11.8 Å². The molecule has 1 amide bonds. The third-order valence-corrected chi connectivity index (χ3v) is 9.15. The number of ether oxygens (including phenoxy) is 4. The molecule has 12 atom stereocenters. The fraction of sp³-hybridized carbons (Fsp3) is 0.893. The number of aliphatic hydroxyl groups excluding tert-OH is 3. The summed E-state index contributed by atoms with van der Waals surface area (Å²) in [7, 11) is 1.59. The number of rotatable bonds is 13. The van der Waals surface area contributed by atoms with Gasteiger partial charge in [-0.05, 0) is 71.2 Å². The van der Waals surface area contributed by atoms with Gasteiger partial charge in [-0.1, -0.05) is 0 Å². The van der Waals surface area contributed by atoms with Crippen LogP contribution < -0.4 is 38.9 Å². The van der Waals surface area contributed by atoms with Gasteiger partial charge in [0.1, 0.15) is 41.9 Å². The summed E-state index contributed by atoms with van der Waals surface area (Å²) >= 11 is 0. The summed E-state index contributed by atoms with van der Waals surface area (Å²) in [5.74, 6) is 0.296. The molecule has 4 aliphatic rings. The monoisotopic (exact) mass is 631 g/mol. The summed E-state index contributed by atoms with van der Waals surface area (Å²) in [6.07, 6.45) is -3.98. The normalized spacial score (nSPS) is 43.4. The predicted molar refractivity (Wildman–Crippen MR) is 158 cm³/mol. The number of carbonyl (C=O) groups excluding carboxylic acids is 1. The minimum atomic E-state index is -1.43. The van der Waals surface area contributed by atoms with Crippen molar-refractivity contribution in [3.63, 3.8) is 0 Å². The van der Waals surface area contributed by atoms with Crippen molar-refractivity contribution in [2.45, 2.75) is 118 Å². The van der Waals surface area contributed by atoms with Crippen LogP contribution in [-0.2, 0) is 23.7 Å². The van der Waals surface area contributed by atoms with Crippen molar-refractivity contribution in [2.24, 2.45) is 28.9 Å². The first-order chi connectivity index (χ1) is 20.9. The maximum atomic E-state index is 12.8. The van der Waals surface area contributed by atoms with Gasteiger partial charge in [0.05, 0.1) is 31.3 Å². The number of nitrogens with one attached hydrogen (secondary N) is 3. The van der Waals surface area contributed by atoms with E-state index in [1.807, 2.05) is 6.08 Å². The van der Waals surface area contributed by atoms with E-state index in [0.29, 0.717) is 18.1 Å². The minimum absolute atomic E-state index is 0.0327. The third-order valence-electron chi connectivity index (χ3n) is 9.15. The first-order valence-corrected chi connectivity index (χ1v) is 15.6. The molecule has 254 valence electrons. The van der Waals surface area contributed by atoms with E-state index in [-0.39, 0.29) is 44.6 Å². The van der Waals surface area contributed by atoms with E-state index >= 15 is 0 Å². The summed E-state index contributed by atoms with van der Waals surface area (Å²) < 4.78 is 24.3. The van der Waals surface area contributed by atoms with E-state index in [1.54, 1.807) is 7.05 Å². The Kier molecular flexibility index (Phi) is 12.4. The second kappa shape index (κ2) is 15.4. The highest BCUT2D eigenvalue weighted by molar-refractivity contribution is 5.80. The maximum absolute atomic E-state index is 12.8. The Morgan fingerprint density at radius 1 is 1.11 bits per heavy atom. The molecule has 2 heterocycles. The van der Waals surface area contributed by atoms with Gasteiger partial charge in [0, 0.05) is 12.1 Å². The average Bonchev–Trinajstić information content (AvgIpc) is 2.96. The molecule has 15 N–H and O–H groups in total. The van der Waals surface area contributed by atoms with Crippen LogP contribution in [-0.4, -0.2) is 139 Å². The minimum Gasteiger partial charge on any atom is -0.467 e. The lowest BCUT2D eigenvalue weighted by atomic mass is 9.81. The van der Waals surface area contributed by atoms with Gasteiger partial charge in [-0.3, -0.25) is 4.79 Å². The predicted octanol–water partition coefficient (Wildman–Crippen LogP) is -4.62. The SMILES string of the molecule is CN[C@@H]1[C@@H](O)[C@@H](O[C@H]2[C@H](NC(=O)[C@@H](O)CCN)C[C@H](N)C(O[C@H]3OC(CN)=CC[C@H]3NCC3CC(N)C3)[C@@H]2O)OC[C@]1(C)O. The Balaban J connectivity index is 1.52. The van der Waals surface area contributed by atoms with Crippen molar-refractivity contribution >= 4 is 5.91 Å². The highest BCUT2D eigenvalue weighted by Gasteiger charge is 2.52. The zero-order valence-electron chi connectivity index (χ0n) is 25.6. The second-order valence-corrected chi connectivity index (χ2v) is 12.8. The molecule has 2 aliphatic carbocycles. The van der Waals surface area contributed by atoms with Crippen LogP contribution >= 0.6 is 0 Å². The third kappa shape index (κ3) is 8.25. The Morgan fingerprint density at radius 2 is 1.82 bits per heavy atom. The highest BCUT2D eigenvalue weighted by Crippen LogP contribution is 2.33. The van der Waals surface area contributed by atoms with E-state index in [9.17, 15) is 25.2 Å². The standard InChI is InChI=1S/C28H53N7O9/c1-28(40)12-41-27(21(38)24(28)33-2)44-23-18(35-25(39)19(36)5-6-29)9-16(32)22(20(23)37)43-26-17(4-3-15(10-30)42-26)34-11-13-7-14(31)8-13/h3,13-14,16-24,26-27,33-34,36-38,40H,4-12,29-32H2,1-2H3,(H,35,39)/t13?,14?,16-,17+,18+,19-,20-,21+,22?,23-,24+,26+,27+,28-/m0/s1. The van der Waals surface area contributed by atoms with E-state index in [4.69, 9.17) is 41.9 Å². The van der Waals surface area contributed by atoms with Crippen LogP contribution in [0.4, 0.5) is 0 Å². The van der Waals surface area contributed by atoms with Crippen LogP contribution in [0.3, 0.4) is 0 Å². The zero-order valence-corrected chi connectivity index (χ0v) is 25.6. The number of amides is 1. The molecule has 1 unspecified atom stereocenters. The quantitative estimate of drug-likeness (QED) is 0.0912. The molecule has 2 saturated carbocycles. The van der Waals surface area contributed by atoms with Gasteiger partial charge in [-0.25, -0.2) is 0 Å². The van der Waals surface area contributed by atoms with Crippen LogP contribution in [0.1, 0.15) is 39.0 Å².